The van der Waals surface area contributed by atoms with Crippen molar-refractivity contribution in [3.63, 3.8) is 0 Å². The monoisotopic (exact) mass is 190 g/mol. The number of hydrogen-bond donors (Lipinski definition) is 1. The molecular weight excluding hydrogens is 180 g/mol. The SMILES string of the molecule is CN1CCn2ccc3[nH]c(=O)nc1c32. The van der Waals surface area contributed by atoms with Crippen molar-refractivity contribution in [3.05, 3.63) is 22.7 Å². The first-order valence-electron chi connectivity index (χ1n) is 4.56. The minimum Gasteiger partial charge on any atom is -0.356 e. The molecule has 0 amide bonds. The lowest BCUT2D eigenvalue weighted by molar-refractivity contribution is 0.675. The molecule has 5 nitrogen and oxygen atoms in total. The average Bonchev–Trinajstić information content (AvgIpc) is 2.55. The molecule has 0 radical (unpaired) electrons. The molecule has 0 spiro atoms. The van der Waals surface area contributed by atoms with Crippen LogP contribution in [0.3, 0.4) is 0 Å². The van der Waals surface area contributed by atoms with E-state index in [1.54, 1.807) is 0 Å². The van der Waals surface area contributed by atoms with Gasteiger partial charge >= 0.3 is 5.69 Å². The highest BCUT2D eigenvalue weighted by atomic mass is 16.1. The van der Waals surface area contributed by atoms with E-state index in [2.05, 4.69) is 14.5 Å². The Hall–Kier alpha value is -1.78. The average molecular weight is 190 g/mol. The van der Waals surface area contributed by atoms with Crippen molar-refractivity contribution in [2.24, 2.45) is 0 Å². The van der Waals surface area contributed by atoms with E-state index in [9.17, 15) is 4.79 Å². The van der Waals surface area contributed by atoms with Gasteiger partial charge in [-0.1, -0.05) is 0 Å². The number of H-pyrrole nitrogens is 1. The molecule has 0 aliphatic carbocycles. The Bertz CT molecular complexity index is 553. The van der Waals surface area contributed by atoms with Crippen LogP contribution in [0, 0.1) is 0 Å². The van der Waals surface area contributed by atoms with Gasteiger partial charge in [0.1, 0.15) is 5.52 Å². The Labute approximate surface area is 80.0 Å². The number of aromatic amines is 1. The van der Waals surface area contributed by atoms with Crippen LogP contribution in [0.1, 0.15) is 0 Å². The predicted octanol–water partition coefficient (Wildman–Crippen LogP) is 0.174. The number of likely N-dealkylation sites (N-methyl/N-ethyl adjacent to an activating group) is 1. The van der Waals surface area contributed by atoms with Crippen LogP contribution in [0.15, 0.2) is 17.1 Å². The number of nitrogens with one attached hydrogen (secondary N) is 1. The molecule has 0 saturated heterocycles. The molecule has 2 aromatic heterocycles. The van der Waals surface area contributed by atoms with E-state index >= 15 is 0 Å². The summed E-state index contributed by atoms with van der Waals surface area (Å²) in [5, 5.41) is 0. The highest BCUT2D eigenvalue weighted by Gasteiger charge is 2.17. The zero-order valence-corrected chi connectivity index (χ0v) is 7.82. The van der Waals surface area contributed by atoms with Crippen LogP contribution < -0.4 is 10.6 Å². The van der Waals surface area contributed by atoms with E-state index in [0.717, 1.165) is 29.9 Å². The number of anilines is 1. The number of hydrogen-bond acceptors (Lipinski definition) is 3. The largest absolute Gasteiger partial charge is 0.356 e. The fourth-order valence-electron chi connectivity index (χ4n) is 1.93. The summed E-state index contributed by atoms with van der Waals surface area (Å²) in [5.41, 5.74) is 1.61. The van der Waals surface area contributed by atoms with Crippen molar-refractivity contribution >= 4 is 16.9 Å². The zero-order chi connectivity index (χ0) is 9.71. The van der Waals surface area contributed by atoms with Gasteiger partial charge in [0, 0.05) is 26.3 Å². The Morgan fingerprint density at radius 1 is 1.50 bits per heavy atom. The van der Waals surface area contributed by atoms with Gasteiger partial charge in [0.15, 0.2) is 5.82 Å². The van der Waals surface area contributed by atoms with E-state index < -0.39 is 0 Å². The van der Waals surface area contributed by atoms with Crippen molar-refractivity contribution in [1.29, 1.82) is 0 Å². The molecule has 72 valence electrons. The summed E-state index contributed by atoms with van der Waals surface area (Å²) in [6.07, 6.45) is 1.98. The van der Waals surface area contributed by atoms with Crippen LogP contribution >= 0.6 is 0 Å². The van der Waals surface area contributed by atoms with Crippen molar-refractivity contribution < 1.29 is 0 Å². The second kappa shape index (κ2) is 2.37. The van der Waals surface area contributed by atoms with Crippen LogP contribution in [0.2, 0.25) is 0 Å². The first-order valence-corrected chi connectivity index (χ1v) is 4.56. The van der Waals surface area contributed by atoms with E-state index in [1.165, 1.54) is 0 Å². The first-order chi connectivity index (χ1) is 6.75. The molecule has 3 rings (SSSR count). The smallest absolute Gasteiger partial charge is 0.347 e. The van der Waals surface area contributed by atoms with Crippen LogP contribution in [0.4, 0.5) is 5.82 Å². The minimum absolute atomic E-state index is 0.279. The van der Waals surface area contributed by atoms with E-state index in [4.69, 9.17) is 0 Å². The van der Waals surface area contributed by atoms with E-state index in [1.807, 2.05) is 24.2 Å². The number of rotatable bonds is 0. The lowest BCUT2D eigenvalue weighted by Crippen LogP contribution is -2.30. The molecule has 0 aromatic carbocycles. The summed E-state index contributed by atoms with van der Waals surface area (Å²) >= 11 is 0. The van der Waals surface area contributed by atoms with Gasteiger partial charge in [-0.25, -0.2) is 4.79 Å². The summed E-state index contributed by atoms with van der Waals surface area (Å²) in [5.74, 6) is 0.778. The van der Waals surface area contributed by atoms with Gasteiger partial charge in [-0.2, -0.15) is 4.98 Å². The quantitative estimate of drug-likeness (QED) is 0.644. The number of nitrogens with zero attached hydrogens (tertiary/aromatic N) is 3. The third-order valence-electron chi connectivity index (χ3n) is 2.66. The molecular formula is C9H10N4O. The van der Waals surface area contributed by atoms with Gasteiger partial charge in [0.25, 0.3) is 0 Å². The van der Waals surface area contributed by atoms with Crippen molar-refractivity contribution in [2.75, 3.05) is 18.5 Å². The molecule has 0 unspecified atom stereocenters. The third-order valence-corrected chi connectivity index (χ3v) is 2.66. The van der Waals surface area contributed by atoms with Crippen molar-refractivity contribution in [3.8, 4) is 0 Å². The Morgan fingerprint density at radius 2 is 2.36 bits per heavy atom. The van der Waals surface area contributed by atoms with Gasteiger partial charge < -0.3 is 14.5 Å². The zero-order valence-electron chi connectivity index (χ0n) is 7.82. The Balaban J connectivity index is 2.51. The molecule has 1 aliphatic heterocycles. The molecule has 0 atom stereocenters. The maximum Gasteiger partial charge on any atom is 0.347 e. The summed E-state index contributed by atoms with van der Waals surface area (Å²) in [7, 11) is 1.96. The Kier molecular flexibility index (Phi) is 1.29. The highest BCUT2D eigenvalue weighted by Crippen LogP contribution is 2.25. The normalized spacial score (nSPS) is 15.1. The minimum atomic E-state index is -0.279. The lowest BCUT2D eigenvalue weighted by Gasteiger charge is -2.24. The molecule has 1 aliphatic rings. The molecule has 0 bridgehead atoms. The topological polar surface area (TPSA) is 53.9 Å². The molecule has 5 heteroatoms. The maximum atomic E-state index is 11.2. The molecule has 1 N–H and O–H groups in total. The highest BCUT2D eigenvalue weighted by molar-refractivity contribution is 5.87. The molecule has 2 aromatic rings. The van der Waals surface area contributed by atoms with E-state index in [0.29, 0.717) is 0 Å². The van der Waals surface area contributed by atoms with Crippen LogP contribution in [-0.2, 0) is 6.54 Å². The summed E-state index contributed by atoms with van der Waals surface area (Å²) in [6, 6.07) is 1.92. The fraction of sp³-hybridized carbons (Fsp3) is 0.333. The summed E-state index contributed by atoms with van der Waals surface area (Å²) < 4.78 is 2.12. The second-order valence-corrected chi connectivity index (χ2v) is 3.56. The molecule has 0 saturated carbocycles. The van der Waals surface area contributed by atoms with Gasteiger partial charge in [0.05, 0.1) is 5.52 Å². The summed E-state index contributed by atoms with van der Waals surface area (Å²) in [4.78, 5) is 20.0. The predicted molar refractivity (Wildman–Crippen MR) is 53.6 cm³/mol. The number of aromatic nitrogens is 3. The van der Waals surface area contributed by atoms with Crippen LogP contribution in [-0.4, -0.2) is 28.1 Å². The van der Waals surface area contributed by atoms with E-state index in [-0.39, 0.29) is 5.69 Å². The Morgan fingerprint density at radius 3 is 3.21 bits per heavy atom. The van der Waals surface area contributed by atoms with Crippen LogP contribution in [0.25, 0.3) is 11.0 Å². The van der Waals surface area contributed by atoms with Crippen molar-refractivity contribution in [2.45, 2.75) is 6.54 Å². The second-order valence-electron chi connectivity index (χ2n) is 3.56. The van der Waals surface area contributed by atoms with Gasteiger partial charge in [-0.15, -0.1) is 0 Å². The maximum absolute atomic E-state index is 11.2. The lowest BCUT2D eigenvalue weighted by atomic mass is 10.3. The molecule has 3 heterocycles. The third kappa shape index (κ3) is 0.837. The summed E-state index contributed by atoms with van der Waals surface area (Å²) in [6.45, 7) is 1.84. The van der Waals surface area contributed by atoms with Crippen LogP contribution in [0.5, 0.6) is 0 Å². The van der Waals surface area contributed by atoms with Gasteiger partial charge in [-0.3, -0.25) is 0 Å². The van der Waals surface area contributed by atoms with Crippen molar-refractivity contribution in [1.82, 2.24) is 14.5 Å². The standard InChI is InChI=1S/C9H10N4O/c1-12-4-5-13-3-2-6-7(13)8(12)11-9(14)10-6/h2-3H,4-5H2,1H3,(H,10,11,14). The molecule has 14 heavy (non-hydrogen) atoms. The first kappa shape index (κ1) is 7.61. The molecule has 0 fully saturated rings. The van der Waals surface area contributed by atoms with Gasteiger partial charge in [-0.05, 0) is 6.07 Å². The fourth-order valence-corrected chi connectivity index (χ4v) is 1.93. The van der Waals surface area contributed by atoms with Gasteiger partial charge in [0.2, 0.25) is 0 Å².